The van der Waals surface area contributed by atoms with Crippen LogP contribution in [0.5, 0.6) is 5.88 Å². The van der Waals surface area contributed by atoms with Crippen molar-refractivity contribution in [3.63, 3.8) is 0 Å². The Hall–Kier alpha value is -1.85. The Morgan fingerprint density at radius 2 is 1.77 bits per heavy atom. The highest BCUT2D eigenvalue weighted by Gasteiger charge is 2.27. The minimum atomic E-state index is 0.0876. The van der Waals surface area contributed by atoms with Gasteiger partial charge in [0.05, 0.1) is 11.8 Å². The van der Waals surface area contributed by atoms with E-state index in [0.29, 0.717) is 12.4 Å². The van der Waals surface area contributed by atoms with Crippen molar-refractivity contribution < 1.29 is 9.53 Å². The second kappa shape index (κ2) is 6.50. The van der Waals surface area contributed by atoms with Crippen LogP contribution in [0.2, 0.25) is 0 Å². The molecule has 120 valence electrons. The van der Waals surface area contributed by atoms with Crippen molar-refractivity contribution >= 4 is 6.03 Å². The molecule has 3 heterocycles. The minimum Gasteiger partial charge on any atom is -0.475 e. The van der Waals surface area contributed by atoms with Gasteiger partial charge in [-0.25, -0.2) is 14.8 Å². The van der Waals surface area contributed by atoms with E-state index in [1.165, 1.54) is 0 Å². The molecular formula is C16H24N4O2. The molecule has 1 aromatic heterocycles. The van der Waals surface area contributed by atoms with Gasteiger partial charge in [0.25, 0.3) is 0 Å². The topological polar surface area (TPSA) is 58.6 Å². The Labute approximate surface area is 131 Å². The first-order chi connectivity index (χ1) is 10.6. The van der Waals surface area contributed by atoms with E-state index >= 15 is 0 Å². The van der Waals surface area contributed by atoms with Gasteiger partial charge in [0.2, 0.25) is 5.88 Å². The Bertz CT molecular complexity index is 541. The predicted molar refractivity (Wildman–Crippen MR) is 83.0 cm³/mol. The zero-order valence-electron chi connectivity index (χ0n) is 13.4. The maximum atomic E-state index is 12.6. The second-order valence-electron chi connectivity index (χ2n) is 6.23. The number of likely N-dealkylation sites (tertiary alicyclic amines) is 1. The third-order valence-corrected chi connectivity index (χ3v) is 4.24. The largest absolute Gasteiger partial charge is 0.475 e. The summed E-state index contributed by atoms with van der Waals surface area (Å²) in [6.45, 7) is 7.21. The van der Waals surface area contributed by atoms with Crippen molar-refractivity contribution in [2.24, 2.45) is 0 Å². The van der Waals surface area contributed by atoms with Gasteiger partial charge in [-0.15, -0.1) is 0 Å². The lowest BCUT2D eigenvalue weighted by atomic mass is 10.1. The molecule has 2 aliphatic heterocycles. The zero-order valence-corrected chi connectivity index (χ0v) is 13.4. The summed E-state index contributed by atoms with van der Waals surface area (Å²) in [6, 6.07) is 0.171. The Balaban J connectivity index is 1.73. The molecule has 3 rings (SSSR count). The van der Waals surface area contributed by atoms with Crippen LogP contribution in [0.25, 0.3) is 0 Å². The van der Waals surface area contributed by atoms with Gasteiger partial charge in [-0.1, -0.05) is 0 Å². The summed E-state index contributed by atoms with van der Waals surface area (Å²) >= 11 is 0. The lowest BCUT2D eigenvalue weighted by Crippen LogP contribution is -2.42. The minimum absolute atomic E-state index is 0.0876. The van der Waals surface area contributed by atoms with Crippen LogP contribution in [-0.2, 0) is 12.8 Å². The van der Waals surface area contributed by atoms with Crippen LogP contribution in [0.4, 0.5) is 4.79 Å². The highest BCUT2D eigenvalue weighted by molar-refractivity contribution is 5.74. The Morgan fingerprint density at radius 1 is 1.09 bits per heavy atom. The van der Waals surface area contributed by atoms with Crippen molar-refractivity contribution in [1.29, 1.82) is 0 Å². The summed E-state index contributed by atoms with van der Waals surface area (Å²) in [5, 5.41) is 0. The van der Waals surface area contributed by atoms with Gasteiger partial charge in [0.1, 0.15) is 6.33 Å². The number of rotatable bonds is 2. The van der Waals surface area contributed by atoms with Gasteiger partial charge >= 0.3 is 6.03 Å². The number of carbonyl (C=O) groups excluding carboxylic acids is 1. The van der Waals surface area contributed by atoms with E-state index in [2.05, 4.69) is 9.97 Å². The standard InChI is InChI=1S/C16H24N4O2/c1-12(2)22-15-13-5-9-20(10-6-14(13)17-11-18-15)16(21)19-7-3-4-8-19/h11-12H,3-10H2,1-2H3. The predicted octanol–water partition coefficient (Wildman–Crippen LogP) is 1.88. The van der Waals surface area contributed by atoms with Gasteiger partial charge in [-0.05, 0) is 33.1 Å². The summed E-state index contributed by atoms with van der Waals surface area (Å²) in [5.74, 6) is 0.676. The summed E-state index contributed by atoms with van der Waals surface area (Å²) in [7, 11) is 0. The molecule has 0 atom stereocenters. The molecule has 2 amide bonds. The lowest BCUT2D eigenvalue weighted by molar-refractivity contribution is 0.164. The summed E-state index contributed by atoms with van der Waals surface area (Å²) in [4.78, 5) is 25.1. The molecule has 0 unspecified atom stereocenters. The number of amides is 2. The average Bonchev–Trinajstić information content (AvgIpc) is 2.93. The SMILES string of the molecule is CC(C)Oc1ncnc2c1CCN(C(=O)N1CCCC1)CC2. The maximum Gasteiger partial charge on any atom is 0.320 e. The van der Waals surface area contributed by atoms with Crippen LogP contribution in [0.1, 0.15) is 37.9 Å². The Kier molecular flexibility index (Phi) is 4.45. The molecule has 22 heavy (non-hydrogen) atoms. The van der Waals surface area contributed by atoms with E-state index in [1.54, 1.807) is 6.33 Å². The number of urea groups is 1. The molecule has 0 N–H and O–H groups in total. The Morgan fingerprint density at radius 3 is 2.50 bits per heavy atom. The fraction of sp³-hybridized carbons (Fsp3) is 0.688. The molecule has 0 spiro atoms. The van der Waals surface area contributed by atoms with Crippen LogP contribution < -0.4 is 4.74 Å². The molecule has 0 bridgehead atoms. The molecule has 1 saturated heterocycles. The molecule has 0 radical (unpaired) electrons. The van der Waals surface area contributed by atoms with Gasteiger partial charge in [-0.2, -0.15) is 0 Å². The van der Waals surface area contributed by atoms with Gasteiger partial charge < -0.3 is 14.5 Å². The highest BCUT2D eigenvalue weighted by Crippen LogP contribution is 2.24. The normalized spacial score (nSPS) is 18.3. The number of hydrogen-bond acceptors (Lipinski definition) is 4. The van der Waals surface area contributed by atoms with Crippen molar-refractivity contribution in [1.82, 2.24) is 19.8 Å². The first kappa shape index (κ1) is 15.1. The first-order valence-corrected chi connectivity index (χ1v) is 8.18. The summed E-state index contributed by atoms with van der Waals surface area (Å²) in [5.41, 5.74) is 2.08. The molecule has 0 saturated carbocycles. The van der Waals surface area contributed by atoms with Gasteiger partial charge in [0.15, 0.2) is 0 Å². The average molecular weight is 304 g/mol. The third-order valence-electron chi connectivity index (χ3n) is 4.24. The van der Waals surface area contributed by atoms with Gasteiger partial charge in [-0.3, -0.25) is 0 Å². The number of carbonyl (C=O) groups is 1. The molecule has 6 heteroatoms. The molecule has 1 fully saturated rings. The van der Waals surface area contributed by atoms with Crippen molar-refractivity contribution in [2.75, 3.05) is 26.2 Å². The number of aromatic nitrogens is 2. The number of nitrogens with zero attached hydrogens (tertiary/aromatic N) is 4. The first-order valence-electron chi connectivity index (χ1n) is 8.18. The number of fused-ring (bicyclic) bond motifs is 1. The van der Waals surface area contributed by atoms with Crippen LogP contribution >= 0.6 is 0 Å². The van der Waals surface area contributed by atoms with Gasteiger partial charge in [0, 0.05) is 38.2 Å². The summed E-state index contributed by atoms with van der Waals surface area (Å²) < 4.78 is 5.80. The van der Waals surface area contributed by atoms with Crippen LogP contribution in [0, 0.1) is 0 Å². The van der Waals surface area contributed by atoms with E-state index in [0.717, 1.165) is 56.6 Å². The zero-order chi connectivity index (χ0) is 15.5. The maximum absolute atomic E-state index is 12.6. The number of hydrogen-bond donors (Lipinski definition) is 0. The molecule has 1 aromatic rings. The summed E-state index contributed by atoms with van der Waals surface area (Å²) in [6.07, 6.45) is 5.43. The van der Waals surface area contributed by atoms with E-state index in [-0.39, 0.29) is 12.1 Å². The van der Waals surface area contributed by atoms with E-state index < -0.39 is 0 Å². The lowest BCUT2D eigenvalue weighted by Gasteiger charge is -2.26. The molecule has 2 aliphatic rings. The highest BCUT2D eigenvalue weighted by atomic mass is 16.5. The monoisotopic (exact) mass is 304 g/mol. The van der Waals surface area contributed by atoms with E-state index in [1.807, 2.05) is 23.6 Å². The van der Waals surface area contributed by atoms with Crippen LogP contribution in [0.3, 0.4) is 0 Å². The fourth-order valence-corrected chi connectivity index (χ4v) is 3.12. The van der Waals surface area contributed by atoms with E-state index in [9.17, 15) is 4.79 Å². The van der Waals surface area contributed by atoms with Crippen LogP contribution in [-0.4, -0.2) is 58.1 Å². The molecule has 0 aromatic carbocycles. The van der Waals surface area contributed by atoms with Crippen molar-refractivity contribution in [2.45, 2.75) is 45.6 Å². The fourth-order valence-electron chi connectivity index (χ4n) is 3.12. The molecular weight excluding hydrogens is 280 g/mol. The third kappa shape index (κ3) is 3.15. The molecule has 6 nitrogen and oxygen atoms in total. The quantitative estimate of drug-likeness (QED) is 0.837. The smallest absolute Gasteiger partial charge is 0.320 e. The van der Waals surface area contributed by atoms with Crippen LogP contribution in [0.15, 0.2) is 6.33 Å². The van der Waals surface area contributed by atoms with Crippen molar-refractivity contribution in [3.8, 4) is 5.88 Å². The number of ether oxygens (including phenoxy) is 1. The molecule has 0 aliphatic carbocycles. The van der Waals surface area contributed by atoms with E-state index in [4.69, 9.17) is 4.74 Å². The second-order valence-corrected chi connectivity index (χ2v) is 6.23. The van der Waals surface area contributed by atoms with Crippen molar-refractivity contribution in [3.05, 3.63) is 17.6 Å².